The summed E-state index contributed by atoms with van der Waals surface area (Å²) in [6.07, 6.45) is 2.84. The maximum Gasteiger partial charge on any atom is 0.329 e. The fraction of sp³-hybridized carbons (Fsp3) is 0.500. The van der Waals surface area contributed by atoms with Crippen molar-refractivity contribution in [3.05, 3.63) is 29.8 Å². The summed E-state index contributed by atoms with van der Waals surface area (Å²) in [4.78, 5) is 62.6. The highest BCUT2D eigenvalue weighted by molar-refractivity contribution is 6.08. The van der Waals surface area contributed by atoms with Gasteiger partial charge in [0.25, 0.3) is 5.91 Å². The average Bonchev–Trinajstić information content (AvgIpc) is 3.39. The molecule has 1 saturated heterocycles. The van der Waals surface area contributed by atoms with Crippen molar-refractivity contribution in [2.75, 3.05) is 11.9 Å². The Morgan fingerprint density at radius 3 is 2.37 bits per heavy atom. The van der Waals surface area contributed by atoms with Gasteiger partial charge in [0, 0.05) is 11.3 Å². The number of likely N-dealkylation sites (tertiary alicyclic amines) is 1. The zero-order chi connectivity index (χ0) is 21.6. The van der Waals surface area contributed by atoms with Gasteiger partial charge >= 0.3 is 5.97 Å². The number of ether oxygens (including phenoxy) is 1. The highest BCUT2D eigenvalue weighted by Gasteiger charge is 2.62. The number of esters is 1. The first-order valence-electron chi connectivity index (χ1n) is 10.2. The van der Waals surface area contributed by atoms with Crippen molar-refractivity contribution in [1.29, 1.82) is 0 Å². The maximum atomic E-state index is 12.8. The minimum atomic E-state index is -1.07. The number of benzene rings is 1. The van der Waals surface area contributed by atoms with Crippen LogP contribution in [0.25, 0.3) is 0 Å². The predicted octanol–water partition coefficient (Wildman–Crippen LogP) is 1.79. The highest BCUT2D eigenvalue weighted by Crippen LogP contribution is 2.56. The number of hydrogen-bond acceptors (Lipinski definition) is 6. The molecule has 2 saturated carbocycles. The predicted molar refractivity (Wildman–Crippen MR) is 105 cm³/mol. The third-order valence-corrected chi connectivity index (χ3v) is 6.59. The number of carbonyl (C=O) groups is 5. The summed E-state index contributed by atoms with van der Waals surface area (Å²) in [6.45, 7) is 2.32. The molecule has 0 spiro atoms. The van der Waals surface area contributed by atoms with Crippen LogP contribution in [0.15, 0.2) is 24.3 Å². The summed E-state index contributed by atoms with van der Waals surface area (Å²) >= 11 is 0. The molecule has 2 bridgehead atoms. The van der Waals surface area contributed by atoms with Crippen LogP contribution in [0.1, 0.15) is 43.5 Å². The smallest absolute Gasteiger partial charge is 0.329 e. The molecule has 30 heavy (non-hydrogen) atoms. The Morgan fingerprint density at radius 2 is 1.77 bits per heavy atom. The van der Waals surface area contributed by atoms with Gasteiger partial charge in [-0.05, 0) is 57.1 Å². The molecule has 1 aromatic carbocycles. The lowest BCUT2D eigenvalue weighted by molar-refractivity contribution is -0.159. The monoisotopic (exact) mass is 412 g/mol. The fourth-order valence-electron chi connectivity index (χ4n) is 5.19. The summed E-state index contributed by atoms with van der Waals surface area (Å²) in [5, 5.41) is 2.55. The van der Waals surface area contributed by atoms with Gasteiger partial charge in [-0.2, -0.15) is 0 Å². The number of imide groups is 1. The second-order valence-corrected chi connectivity index (χ2v) is 8.40. The lowest BCUT2D eigenvalue weighted by Gasteiger charge is -2.23. The summed E-state index contributed by atoms with van der Waals surface area (Å²) in [5.74, 6) is -2.21. The highest BCUT2D eigenvalue weighted by atomic mass is 16.5. The van der Waals surface area contributed by atoms with Crippen molar-refractivity contribution in [2.24, 2.45) is 23.7 Å². The summed E-state index contributed by atoms with van der Waals surface area (Å²) in [7, 11) is 0. The van der Waals surface area contributed by atoms with E-state index in [4.69, 9.17) is 4.74 Å². The number of anilines is 1. The van der Waals surface area contributed by atoms with E-state index in [1.807, 2.05) is 0 Å². The number of Topliss-reactive ketones (excluding diaryl/α,β-unsaturated/α-hetero) is 1. The van der Waals surface area contributed by atoms with Crippen LogP contribution >= 0.6 is 0 Å². The topological polar surface area (TPSA) is 110 Å². The Labute approximate surface area is 173 Å². The molecule has 0 aromatic heterocycles. The first kappa shape index (κ1) is 20.3. The van der Waals surface area contributed by atoms with Gasteiger partial charge in [0.05, 0.1) is 11.8 Å². The van der Waals surface area contributed by atoms with Crippen LogP contribution in [0, 0.1) is 23.7 Å². The molecule has 1 aromatic rings. The lowest BCUT2D eigenvalue weighted by atomic mass is 9.81. The maximum absolute atomic E-state index is 12.8. The molecule has 8 nitrogen and oxygen atoms in total. The van der Waals surface area contributed by atoms with Crippen LogP contribution in [-0.4, -0.2) is 47.0 Å². The van der Waals surface area contributed by atoms with Gasteiger partial charge < -0.3 is 10.1 Å². The van der Waals surface area contributed by atoms with Crippen LogP contribution < -0.4 is 5.32 Å². The summed E-state index contributed by atoms with van der Waals surface area (Å²) in [6, 6.07) is 5.34. The molecule has 2 aliphatic carbocycles. The molecule has 4 rings (SSSR count). The summed E-state index contributed by atoms with van der Waals surface area (Å²) < 4.78 is 5.05. The van der Waals surface area contributed by atoms with Crippen molar-refractivity contribution in [3.8, 4) is 0 Å². The number of ketones is 1. The summed E-state index contributed by atoms with van der Waals surface area (Å²) in [5.41, 5.74) is 0.856. The Morgan fingerprint density at radius 1 is 1.13 bits per heavy atom. The van der Waals surface area contributed by atoms with E-state index in [1.165, 1.54) is 19.9 Å². The molecule has 5 atom stereocenters. The van der Waals surface area contributed by atoms with Crippen LogP contribution in [0.2, 0.25) is 0 Å². The van der Waals surface area contributed by atoms with Gasteiger partial charge in [0.2, 0.25) is 11.8 Å². The van der Waals surface area contributed by atoms with Crippen LogP contribution in [0.3, 0.4) is 0 Å². The second kappa shape index (κ2) is 7.66. The third-order valence-electron chi connectivity index (χ3n) is 6.59. The van der Waals surface area contributed by atoms with E-state index in [9.17, 15) is 24.0 Å². The number of nitrogens with one attached hydrogen (secondary N) is 1. The van der Waals surface area contributed by atoms with Crippen molar-refractivity contribution in [1.82, 2.24) is 4.90 Å². The number of carbonyl (C=O) groups excluding carboxylic acids is 5. The van der Waals surface area contributed by atoms with E-state index in [0.717, 1.165) is 24.2 Å². The average molecular weight is 412 g/mol. The fourth-order valence-corrected chi connectivity index (χ4v) is 5.19. The minimum absolute atomic E-state index is 0.135. The SMILES string of the molecule is CC(=O)c1cccc(NC(=O)COC(=O)[C@@H](C)N2C(=O)[C@H]3[C@@H]4CC[C@@H](C4)[C@@H]3C2=O)c1. The number of fused-ring (bicyclic) bond motifs is 5. The normalized spacial score (nSPS) is 27.7. The van der Waals surface area contributed by atoms with Crippen LogP contribution in [-0.2, 0) is 23.9 Å². The largest absolute Gasteiger partial charge is 0.454 e. The van der Waals surface area contributed by atoms with Crippen molar-refractivity contribution in [3.63, 3.8) is 0 Å². The van der Waals surface area contributed by atoms with Crippen molar-refractivity contribution >= 4 is 35.2 Å². The molecule has 0 unspecified atom stereocenters. The molecule has 3 aliphatic rings. The second-order valence-electron chi connectivity index (χ2n) is 8.40. The molecule has 0 radical (unpaired) electrons. The first-order chi connectivity index (χ1) is 14.3. The van der Waals surface area contributed by atoms with Gasteiger partial charge in [0.1, 0.15) is 6.04 Å². The van der Waals surface area contributed by atoms with Gasteiger partial charge in [-0.1, -0.05) is 12.1 Å². The lowest BCUT2D eigenvalue weighted by Crippen LogP contribution is -2.45. The van der Waals surface area contributed by atoms with Crippen LogP contribution in [0.5, 0.6) is 0 Å². The van der Waals surface area contributed by atoms with Crippen molar-refractivity contribution in [2.45, 2.75) is 39.2 Å². The van der Waals surface area contributed by atoms with Crippen molar-refractivity contribution < 1.29 is 28.7 Å². The molecule has 158 valence electrons. The molecular formula is C22H24N2O6. The number of rotatable bonds is 6. The molecule has 1 aliphatic heterocycles. The van der Waals surface area contributed by atoms with E-state index in [2.05, 4.69) is 5.32 Å². The molecule has 1 heterocycles. The Kier molecular flexibility index (Phi) is 5.17. The van der Waals surface area contributed by atoms with Gasteiger partial charge in [-0.3, -0.25) is 24.1 Å². The number of nitrogens with zero attached hydrogens (tertiary/aromatic N) is 1. The molecule has 8 heteroatoms. The number of amides is 3. The third kappa shape index (κ3) is 3.40. The zero-order valence-electron chi connectivity index (χ0n) is 16.9. The number of hydrogen-bond donors (Lipinski definition) is 1. The Bertz CT molecular complexity index is 913. The molecular weight excluding hydrogens is 388 g/mol. The Hall–Kier alpha value is -3.03. The van der Waals surface area contributed by atoms with Gasteiger partial charge in [0.15, 0.2) is 12.4 Å². The minimum Gasteiger partial charge on any atom is -0.454 e. The zero-order valence-corrected chi connectivity index (χ0v) is 16.9. The molecule has 3 fully saturated rings. The van der Waals surface area contributed by atoms with E-state index in [-0.39, 0.29) is 41.3 Å². The van der Waals surface area contributed by atoms with E-state index in [0.29, 0.717) is 11.3 Å². The van der Waals surface area contributed by atoms with E-state index >= 15 is 0 Å². The molecule has 3 amide bonds. The van der Waals surface area contributed by atoms with E-state index in [1.54, 1.807) is 18.2 Å². The Balaban J connectivity index is 1.33. The molecule has 1 N–H and O–H groups in total. The van der Waals surface area contributed by atoms with Gasteiger partial charge in [-0.15, -0.1) is 0 Å². The van der Waals surface area contributed by atoms with Gasteiger partial charge in [-0.25, -0.2) is 4.79 Å². The quantitative estimate of drug-likeness (QED) is 0.433. The first-order valence-corrected chi connectivity index (χ1v) is 10.2. The van der Waals surface area contributed by atoms with Crippen LogP contribution in [0.4, 0.5) is 5.69 Å². The van der Waals surface area contributed by atoms with E-state index < -0.39 is 24.5 Å². The standard InChI is InChI=1S/C22H24N2O6/c1-11(24-20(27)18-14-6-7-15(8-14)19(18)21(24)28)22(29)30-10-17(26)23-16-5-3-4-13(9-16)12(2)25/h3-5,9,11,14-15,18-19H,6-8,10H2,1-2H3,(H,23,26)/t11-,14-,15+,18+,19+/m1/s1.